The third-order valence-corrected chi connectivity index (χ3v) is 5.28. The van der Waals surface area contributed by atoms with Gasteiger partial charge >= 0.3 is 5.69 Å². The molecule has 1 aliphatic heterocycles. The molecule has 0 spiro atoms. The Kier molecular flexibility index (Phi) is 5.19. The number of carbonyl (C=O) groups excluding carboxylic acids is 3. The molecule has 3 aromatic rings. The van der Waals surface area contributed by atoms with E-state index in [1.54, 1.807) is 36.4 Å². The summed E-state index contributed by atoms with van der Waals surface area (Å²) in [4.78, 5) is 66.7. The molecule has 0 unspecified atom stereocenters. The SMILES string of the molecule is CN(C(=O)CN1C(=O)c2ccccc2C1=O)c1c(N)n(Cc2ccccc2)c(=O)[nH]c1=O. The van der Waals surface area contributed by atoms with Crippen LogP contribution in [0.3, 0.4) is 0 Å². The zero-order valence-electron chi connectivity index (χ0n) is 17.1. The molecule has 10 heteroatoms. The average Bonchev–Trinajstić information content (AvgIpc) is 3.02. The van der Waals surface area contributed by atoms with Crippen molar-refractivity contribution >= 4 is 29.2 Å². The van der Waals surface area contributed by atoms with Crippen molar-refractivity contribution in [1.82, 2.24) is 14.5 Å². The number of anilines is 2. The molecule has 4 rings (SSSR count). The second-order valence-electron chi connectivity index (χ2n) is 7.26. The maximum absolute atomic E-state index is 12.9. The van der Waals surface area contributed by atoms with Gasteiger partial charge in [-0.25, -0.2) is 4.79 Å². The zero-order chi connectivity index (χ0) is 23.0. The molecule has 0 radical (unpaired) electrons. The number of rotatable bonds is 5. The van der Waals surface area contributed by atoms with E-state index in [0.29, 0.717) is 0 Å². The van der Waals surface area contributed by atoms with Crippen molar-refractivity contribution in [2.24, 2.45) is 0 Å². The summed E-state index contributed by atoms with van der Waals surface area (Å²) < 4.78 is 1.14. The van der Waals surface area contributed by atoms with Crippen LogP contribution in [0.25, 0.3) is 0 Å². The molecule has 0 atom stereocenters. The Hall–Kier alpha value is -4.47. The molecule has 0 saturated carbocycles. The maximum Gasteiger partial charge on any atom is 0.330 e. The van der Waals surface area contributed by atoms with E-state index in [1.165, 1.54) is 19.2 Å². The van der Waals surface area contributed by atoms with Gasteiger partial charge in [0, 0.05) is 7.05 Å². The molecular weight excluding hydrogens is 414 g/mol. The normalized spacial score (nSPS) is 12.7. The molecule has 2 heterocycles. The number of H-pyrrole nitrogens is 1. The molecule has 0 bridgehead atoms. The second kappa shape index (κ2) is 7.99. The first-order chi connectivity index (χ1) is 15.3. The number of nitrogens with one attached hydrogen (secondary N) is 1. The Bertz CT molecular complexity index is 1320. The van der Waals surface area contributed by atoms with Gasteiger partial charge in [-0.15, -0.1) is 0 Å². The number of aromatic nitrogens is 2. The summed E-state index contributed by atoms with van der Waals surface area (Å²) >= 11 is 0. The van der Waals surface area contributed by atoms with Gasteiger partial charge in [0.15, 0.2) is 5.69 Å². The van der Waals surface area contributed by atoms with E-state index in [0.717, 1.165) is 19.9 Å². The fourth-order valence-corrected chi connectivity index (χ4v) is 3.57. The molecule has 3 N–H and O–H groups in total. The third-order valence-electron chi connectivity index (χ3n) is 5.28. The minimum Gasteiger partial charge on any atom is -0.383 e. The van der Waals surface area contributed by atoms with E-state index < -0.39 is 35.5 Å². The number of aromatic amines is 1. The third kappa shape index (κ3) is 3.47. The number of likely N-dealkylation sites (N-methyl/N-ethyl adjacent to an activating group) is 1. The highest BCUT2D eigenvalue weighted by Crippen LogP contribution is 2.23. The van der Waals surface area contributed by atoms with Crippen molar-refractivity contribution in [1.29, 1.82) is 0 Å². The van der Waals surface area contributed by atoms with Crippen LogP contribution in [0.1, 0.15) is 26.3 Å². The summed E-state index contributed by atoms with van der Waals surface area (Å²) in [7, 11) is 1.29. The predicted molar refractivity (Wildman–Crippen MR) is 116 cm³/mol. The lowest BCUT2D eigenvalue weighted by Gasteiger charge is -2.22. The summed E-state index contributed by atoms with van der Waals surface area (Å²) in [6.45, 7) is -0.505. The maximum atomic E-state index is 12.9. The highest BCUT2D eigenvalue weighted by atomic mass is 16.2. The molecule has 162 valence electrons. The molecule has 3 amide bonds. The fraction of sp³-hybridized carbons (Fsp3) is 0.136. The molecule has 0 aliphatic carbocycles. The van der Waals surface area contributed by atoms with Crippen molar-refractivity contribution in [3.8, 4) is 0 Å². The van der Waals surface area contributed by atoms with Gasteiger partial charge < -0.3 is 10.6 Å². The van der Waals surface area contributed by atoms with E-state index in [4.69, 9.17) is 5.73 Å². The number of nitrogens with zero attached hydrogens (tertiary/aromatic N) is 3. The minimum absolute atomic E-state index is 0.0791. The van der Waals surface area contributed by atoms with Crippen LogP contribution in [-0.4, -0.2) is 45.8 Å². The Morgan fingerprint density at radius 2 is 1.50 bits per heavy atom. The molecule has 0 fully saturated rings. The minimum atomic E-state index is -0.852. The molecule has 32 heavy (non-hydrogen) atoms. The number of imide groups is 1. The fourth-order valence-electron chi connectivity index (χ4n) is 3.57. The number of nitrogen functional groups attached to an aromatic ring is 1. The van der Waals surface area contributed by atoms with Crippen LogP contribution in [0.5, 0.6) is 0 Å². The summed E-state index contributed by atoms with van der Waals surface area (Å²) in [5, 5.41) is 0. The van der Waals surface area contributed by atoms with E-state index in [1.807, 2.05) is 6.07 Å². The Morgan fingerprint density at radius 1 is 0.938 bits per heavy atom. The highest BCUT2D eigenvalue weighted by molar-refractivity contribution is 6.22. The Balaban J connectivity index is 1.63. The van der Waals surface area contributed by atoms with Gasteiger partial charge in [0.1, 0.15) is 12.4 Å². The van der Waals surface area contributed by atoms with Crippen LogP contribution >= 0.6 is 0 Å². The second-order valence-corrected chi connectivity index (χ2v) is 7.26. The first-order valence-corrected chi connectivity index (χ1v) is 9.68. The molecule has 10 nitrogen and oxygen atoms in total. The summed E-state index contributed by atoms with van der Waals surface area (Å²) in [5.41, 5.74) is 5.47. The smallest absolute Gasteiger partial charge is 0.330 e. The number of hydrogen-bond acceptors (Lipinski definition) is 6. The van der Waals surface area contributed by atoms with E-state index in [2.05, 4.69) is 4.98 Å². The summed E-state index contributed by atoms with van der Waals surface area (Å²) in [6.07, 6.45) is 0. The Labute approximate surface area is 181 Å². The largest absolute Gasteiger partial charge is 0.383 e. The molecular formula is C22H19N5O5. The van der Waals surface area contributed by atoms with Gasteiger partial charge in [0.2, 0.25) is 5.91 Å². The monoisotopic (exact) mass is 433 g/mol. The lowest BCUT2D eigenvalue weighted by molar-refractivity contribution is -0.118. The average molecular weight is 433 g/mol. The predicted octanol–water partition coefficient (Wildman–Crippen LogP) is 0.426. The first-order valence-electron chi connectivity index (χ1n) is 9.68. The lowest BCUT2D eigenvalue weighted by Crippen LogP contribution is -2.44. The van der Waals surface area contributed by atoms with Crippen molar-refractivity contribution in [3.05, 3.63) is 92.1 Å². The number of amides is 3. The van der Waals surface area contributed by atoms with E-state index in [9.17, 15) is 24.0 Å². The van der Waals surface area contributed by atoms with Crippen molar-refractivity contribution in [2.75, 3.05) is 24.2 Å². The van der Waals surface area contributed by atoms with Gasteiger partial charge in [-0.1, -0.05) is 42.5 Å². The van der Waals surface area contributed by atoms with Gasteiger partial charge in [0.25, 0.3) is 17.4 Å². The molecule has 0 saturated heterocycles. The standard InChI is InChI=1S/C22H19N5O5/c1-25(16(28)12-27-20(30)14-9-5-6-10-15(14)21(27)31)17-18(23)26(22(32)24-19(17)29)11-13-7-3-2-4-8-13/h2-10H,11-12,23H2,1H3,(H,24,29,32). The quantitative estimate of drug-likeness (QED) is 0.560. The Morgan fingerprint density at radius 3 is 2.09 bits per heavy atom. The summed E-state index contributed by atoms with van der Waals surface area (Å²) in [6, 6.07) is 15.2. The van der Waals surface area contributed by atoms with Crippen molar-refractivity contribution in [2.45, 2.75) is 6.54 Å². The number of hydrogen-bond donors (Lipinski definition) is 2. The van der Waals surface area contributed by atoms with Crippen LogP contribution in [0.4, 0.5) is 11.5 Å². The molecule has 1 aliphatic rings. The number of fused-ring (bicyclic) bond motifs is 1. The van der Waals surface area contributed by atoms with Crippen LogP contribution < -0.4 is 21.9 Å². The van der Waals surface area contributed by atoms with Crippen molar-refractivity contribution in [3.63, 3.8) is 0 Å². The van der Waals surface area contributed by atoms with Crippen LogP contribution in [0, 0.1) is 0 Å². The number of benzene rings is 2. The van der Waals surface area contributed by atoms with Crippen LogP contribution in [0.2, 0.25) is 0 Å². The molecule has 1 aromatic heterocycles. The summed E-state index contributed by atoms with van der Waals surface area (Å²) in [5.74, 6) is -2.12. The highest BCUT2D eigenvalue weighted by Gasteiger charge is 2.37. The number of nitrogens with two attached hydrogens (primary N) is 1. The lowest BCUT2D eigenvalue weighted by atomic mass is 10.1. The van der Waals surface area contributed by atoms with Crippen LogP contribution in [-0.2, 0) is 11.3 Å². The van der Waals surface area contributed by atoms with Gasteiger partial charge in [-0.2, -0.15) is 0 Å². The number of carbonyl (C=O) groups is 3. The molecule has 2 aromatic carbocycles. The first kappa shape index (κ1) is 20.8. The zero-order valence-corrected chi connectivity index (χ0v) is 17.1. The van der Waals surface area contributed by atoms with Gasteiger partial charge in [0.05, 0.1) is 17.7 Å². The van der Waals surface area contributed by atoms with Gasteiger partial charge in [-0.3, -0.25) is 33.6 Å². The topological polar surface area (TPSA) is 139 Å². The van der Waals surface area contributed by atoms with E-state index in [-0.39, 0.29) is 29.2 Å². The van der Waals surface area contributed by atoms with Gasteiger partial charge in [-0.05, 0) is 17.7 Å². The van der Waals surface area contributed by atoms with Crippen molar-refractivity contribution < 1.29 is 14.4 Å². The van der Waals surface area contributed by atoms with Crippen LogP contribution in [0.15, 0.2) is 64.2 Å². The van der Waals surface area contributed by atoms with E-state index >= 15 is 0 Å².